The van der Waals surface area contributed by atoms with Gasteiger partial charge in [-0.25, -0.2) is 0 Å². The summed E-state index contributed by atoms with van der Waals surface area (Å²) in [6, 6.07) is 9.43. The molecule has 3 heterocycles. The van der Waals surface area contributed by atoms with Crippen molar-refractivity contribution in [3.63, 3.8) is 0 Å². The monoisotopic (exact) mass is 353 g/mol. The van der Waals surface area contributed by atoms with Gasteiger partial charge in [-0.15, -0.1) is 0 Å². The molecule has 25 heavy (non-hydrogen) atoms. The maximum Gasteiger partial charge on any atom is 0.262 e. The summed E-state index contributed by atoms with van der Waals surface area (Å²) in [5, 5.41) is 3.91. The average Bonchev–Trinajstić information content (AvgIpc) is 3.30. The second-order valence-corrected chi connectivity index (χ2v) is 7.21. The largest absolute Gasteiger partial charge is 0.483 e. The molecule has 1 unspecified atom stereocenters. The van der Waals surface area contributed by atoms with Crippen molar-refractivity contribution in [2.75, 3.05) is 23.4 Å². The molecule has 1 saturated heterocycles. The number of carbonyl (C=O) groups excluding carboxylic acids is 1. The van der Waals surface area contributed by atoms with Gasteiger partial charge in [0.15, 0.2) is 6.61 Å². The Hall–Kier alpha value is -2.47. The van der Waals surface area contributed by atoms with Crippen molar-refractivity contribution in [1.29, 1.82) is 0 Å². The van der Waals surface area contributed by atoms with Crippen LogP contribution in [0.15, 0.2) is 48.9 Å². The number of hydrogen-bond donors (Lipinski definition) is 2. The number of anilines is 1. The Balaban J connectivity index is 1.51. The number of benzene rings is 1. The first-order valence-corrected chi connectivity index (χ1v) is 9.47. The molecule has 1 aromatic carbocycles. The van der Waals surface area contributed by atoms with Crippen LogP contribution in [0.1, 0.15) is 17.9 Å². The van der Waals surface area contributed by atoms with Crippen molar-refractivity contribution in [3.05, 3.63) is 54.5 Å². The van der Waals surface area contributed by atoms with Crippen LogP contribution in [0.25, 0.3) is 10.9 Å². The van der Waals surface area contributed by atoms with Gasteiger partial charge in [-0.1, -0.05) is 6.07 Å². The maximum atomic E-state index is 12.1. The molecule has 1 atom stereocenters. The number of amides is 1. The lowest BCUT2D eigenvalue weighted by molar-refractivity contribution is -0.118. The van der Waals surface area contributed by atoms with Crippen LogP contribution < -0.4 is 10.1 Å². The van der Waals surface area contributed by atoms with Crippen LogP contribution in [0.2, 0.25) is 0 Å². The molecular formula is C19H19N3O2S. The van der Waals surface area contributed by atoms with Gasteiger partial charge in [-0.3, -0.25) is 9.78 Å². The predicted octanol–water partition coefficient (Wildman–Crippen LogP) is 3.80. The molecule has 4 rings (SSSR count). The van der Waals surface area contributed by atoms with Crippen LogP contribution in [-0.4, -0.2) is 34.0 Å². The van der Waals surface area contributed by atoms with Gasteiger partial charge in [0.2, 0.25) is 0 Å². The summed E-state index contributed by atoms with van der Waals surface area (Å²) in [5.74, 6) is 3.47. The molecule has 2 aromatic heterocycles. The molecule has 3 aromatic rings. The summed E-state index contributed by atoms with van der Waals surface area (Å²) in [4.78, 5) is 19.4. The zero-order valence-corrected chi connectivity index (χ0v) is 14.5. The van der Waals surface area contributed by atoms with Gasteiger partial charge in [0.1, 0.15) is 5.75 Å². The number of ether oxygens (including phenoxy) is 1. The number of aromatic nitrogens is 2. The van der Waals surface area contributed by atoms with Crippen LogP contribution in [-0.2, 0) is 4.79 Å². The molecule has 0 saturated carbocycles. The number of fused-ring (bicyclic) bond motifs is 1. The highest BCUT2D eigenvalue weighted by atomic mass is 32.2. The summed E-state index contributed by atoms with van der Waals surface area (Å²) >= 11 is 1.99. The van der Waals surface area contributed by atoms with E-state index in [1.807, 2.05) is 30.0 Å². The third kappa shape index (κ3) is 3.49. The minimum Gasteiger partial charge on any atom is -0.483 e. The van der Waals surface area contributed by atoms with Gasteiger partial charge >= 0.3 is 0 Å². The SMILES string of the molecule is O=C(COc1cccc2[nH]cc(C3CCSC3)c12)Nc1ccncc1. The van der Waals surface area contributed by atoms with Gasteiger partial charge in [0, 0.05) is 40.9 Å². The Labute approximate surface area is 150 Å². The van der Waals surface area contributed by atoms with E-state index in [1.165, 1.54) is 17.7 Å². The highest BCUT2D eigenvalue weighted by molar-refractivity contribution is 7.99. The Bertz CT molecular complexity index is 873. The molecule has 0 bridgehead atoms. The van der Waals surface area contributed by atoms with Crippen molar-refractivity contribution < 1.29 is 9.53 Å². The number of pyridine rings is 1. The van der Waals surface area contributed by atoms with Crippen LogP contribution in [0, 0.1) is 0 Å². The minimum absolute atomic E-state index is 0.0223. The van der Waals surface area contributed by atoms with E-state index in [0.29, 0.717) is 11.6 Å². The number of H-pyrrole nitrogens is 1. The lowest BCUT2D eigenvalue weighted by Crippen LogP contribution is -2.20. The third-order valence-corrected chi connectivity index (χ3v) is 5.55. The zero-order valence-electron chi connectivity index (χ0n) is 13.7. The molecule has 1 aliphatic rings. The van der Waals surface area contributed by atoms with E-state index in [1.54, 1.807) is 24.5 Å². The summed E-state index contributed by atoms with van der Waals surface area (Å²) in [5.41, 5.74) is 3.07. The number of thioether (sulfide) groups is 1. The average molecular weight is 353 g/mol. The molecule has 2 N–H and O–H groups in total. The molecule has 1 fully saturated rings. The van der Waals surface area contributed by atoms with Crippen molar-refractivity contribution in [2.45, 2.75) is 12.3 Å². The highest BCUT2D eigenvalue weighted by Gasteiger charge is 2.22. The van der Waals surface area contributed by atoms with E-state index >= 15 is 0 Å². The van der Waals surface area contributed by atoms with Crippen LogP contribution in [0.5, 0.6) is 5.75 Å². The number of aromatic amines is 1. The Morgan fingerprint density at radius 1 is 1.32 bits per heavy atom. The maximum absolute atomic E-state index is 12.1. The molecular weight excluding hydrogens is 334 g/mol. The topological polar surface area (TPSA) is 67.0 Å². The first-order valence-electron chi connectivity index (χ1n) is 8.31. The molecule has 6 heteroatoms. The van der Waals surface area contributed by atoms with Crippen LogP contribution in [0.3, 0.4) is 0 Å². The van der Waals surface area contributed by atoms with Crippen LogP contribution >= 0.6 is 11.8 Å². The first kappa shape index (κ1) is 16.0. The normalized spacial score (nSPS) is 16.9. The van der Waals surface area contributed by atoms with E-state index in [0.717, 1.165) is 22.4 Å². The third-order valence-electron chi connectivity index (χ3n) is 4.39. The van der Waals surface area contributed by atoms with Crippen molar-refractivity contribution >= 4 is 34.3 Å². The Morgan fingerprint density at radius 3 is 3.00 bits per heavy atom. The fraction of sp³-hybridized carbons (Fsp3) is 0.263. The second-order valence-electron chi connectivity index (χ2n) is 6.06. The summed E-state index contributed by atoms with van der Waals surface area (Å²) < 4.78 is 5.86. The van der Waals surface area contributed by atoms with Gasteiger partial charge in [0.05, 0.1) is 0 Å². The van der Waals surface area contributed by atoms with Crippen molar-refractivity contribution in [3.8, 4) is 5.75 Å². The van der Waals surface area contributed by atoms with Crippen LogP contribution in [0.4, 0.5) is 5.69 Å². The van der Waals surface area contributed by atoms with Gasteiger partial charge < -0.3 is 15.0 Å². The summed E-state index contributed by atoms with van der Waals surface area (Å²) in [6.45, 7) is -0.0223. The number of nitrogens with one attached hydrogen (secondary N) is 2. The predicted molar refractivity (Wildman–Crippen MR) is 101 cm³/mol. The smallest absolute Gasteiger partial charge is 0.262 e. The highest BCUT2D eigenvalue weighted by Crippen LogP contribution is 2.39. The lowest BCUT2D eigenvalue weighted by atomic mass is 9.98. The quantitative estimate of drug-likeness (QED) is 0.732. The number of rotatable bonds is 5. The standard InChI is InChI=1S/C19H19N3O2S/c23-18(22-14-4-7-20-8-5-14)11-24-17-3-1-2-16-19(17)15(10-21-16)13-6-9-25-12-13/h1-5,7-8,10,13,21H,6,9,11-12H2,(H,20,22,23). The second kappa shape index (κ2) is 7.19. The number of nitrogens with zero attached hydrogens (tertiary/aromatic N) is 1. The van der Waals surface area contributed by atoms with E-state index in [-0.39, 0.29) is 12.5 Å². The zero-order chi connectivity index (χ0) is 17.1. The fourth-order valence-electron chi connectivity index (χ4n) is 3.17. The minimum atomic E-state index is -0.184. The van der Waals surface area contributed by atoms with Crippen molar-refractivity contribution in [2.24, 2.45) is 0 Å². The molecule has 0 aliphatic carbocycles. The van der Waals surface area contributed by atoms with E-state index in [2.05, 4.69) is 21.5 Å². The van der Waals surface area contributed by atoms with Gasteiger partial charge in [0.25, 0.3) is 5.91 Å². The number of hydrogen-bond acceptors (Lipinski definition) is 4. The fourth-order valence-corrected chi connectivity index (χ4v) is 4.42. The Kier molecular flexibility index (Phi) is 4.61. The summed E-state index contributed by atoms with van der Waals surface area (Å²) in [7, 11) is 0. The molecule has 1 aliphatic heterocycles. The molecule has 0 spiro atoms. The summed E-state index contributed by atoms with van der Waals surface area (Å²) in [6.07, 6.45) is 6.56. The van der Waals surface area contributed by atoms with E-state index in [9.17, 15) is 4.79 Å². The Morgan fingerprint density at radius 2 is 2.20 bits per heavy atom. The van der Waals surface area contributed by atoms with Gasteiger partial charge in [-0.2, -0.15) is 11.8 Å². The lowest BCUT2D eigenvalue weighted by Gasteiger charge is -2.12. The van der Waals surface area contributed by atoms with Gasteiger partial charge in [-0.05, 0) is 47.9 Å². The number of carbonyl (C=O) groups is 1. The molecule has 0 radical (unpaired) electrons. The molecule has 1 amide bonds. The first-order chi connectivity index (χ1) is 12.3. The van der Waals surface area contributed by atoms with Crippen molar-refractivity contribution in [1.82, 2.24) is 9.97 Å². The molecule has 5 nitrogen and oxygen atoms in total. The van der Waals surface area contributed by atoms with E-state index in [4.69, 9.17) is 4.74 Å². The van der Waals surface area contributed by atoms with E-state index < -0.39 is 0 Å². The molecule has 128 valence electrons.